The first kappa shape index (κ1) is 26.3. The molecule has 1 aliphatic rings. The monoisotopic (exact) mass is 531 g/mol. The van der Waals surface area contributed by atoms with Crippen LogP contribution in [0.5, 0.6) is 5.75 Å². The van der Waals surface area contributed by atoms with E-state index in [4.69, 9.17) is 21.1 Å². The summed E-state index contributed by atoms with van der Waals surface area (Å²) in [6, 6.07) is 24.4. The SMILES string of the molecule is COc1ccc(Cn2cc([C@H](CC(=O)NCCN3CCOCC3)c3ccccc3Cl)c3ccccc32)cc1. The van der Waals surface area contributed by atoms with Gasteiger partial charge < -0.3 is 19.4 Å². The van der Waals surface area contributed by atoms with Crippen molar-refractivity contribution in [1.82, 2.24) is 14.8 Å². The molecule has 2 heterocycles. The molecule has 1 aliphatic heterocycles. The molecule has 0 radical (unpaired) electrons. The largest absolute Gasteiger partial charge is 0.497 e. The highest BCUT2D eigenvalue weighted by Gasteiger charge is 2.24. The van der Waals surface area contributed by atoms with Gasteiger partial charge in [0.1, 0.15) is 5.75 Å². The third-order valence-corrected chi connectivity index (χ3v) is 7.58. The van der Waals surface area contributed by atoms with Crippen molar-refractivity contribution < 1.29 is 14.3 Å². The Kier molecular flexibility index (Phi) is 8.64. The van der Waals surface area contributed by atoms with Gasteiger partial charge >= 0.3 is 0 Å². The molecule has 1 atom stereocenters. The zero-order valence-electron chi connectivity index (χ0n) is 21.7. The van der Waals surface area contributed by atoms with Crippen LogP contribution in [0.3, 0.4) is 0 Å². The third kappa shape index (κ3) is 6.21. The van der Waals surface area contributed by atoms with Gasteiger partial charge in [-0.3, -0.25) is 9.69 Å². The van der Waals surface area contributed by atoms with Gasteiger partial charge in [-0.25, -0.2) is 0 Å². The number of rotatable bonds is 10. The van der Waals surface area contributed by atoms with Crippen molar-refractivity contribution >= 4 is 28.4 Å². The fourth-order valence-electron chi connectivity index (χ4n) is 5.19. The Labute approximate surface area is 229 Å². The first-order valence-electron chi connectivity index (χ1n) is 13.1. The Balaban J connectivity index is 1.42. The van der Waals surface area contributed by atoms with Crippen LogP contribution in [0, 0.1) is 0 Å². The summed E-state index contributed by atoms with van der Waals surface area (Å²) in [6.45, 7) is 5.48. The molecule has 198 valence electrons. The fraction of sp³-hybridized carbons (Fsp3) is 0.323. The zero-order valence-corrected chi connectivity index (χ0v) is 22.5. The molecule has 4 aromatic rings. The molecule has 0 saturated carbocycles. The van der Waals surface area contributed by atoms with Gasteiger partial charge in [-0.2, -0.15) is 0 Å². The number of carbonyl (C=O) groups excluding carboxylic acids is 1. The van der Waals surface area contributed by atoms with E-state index in [-0.39, 0.29) is 11.8 Å². The lowest BCUT2D eigenvalue weighted by Crippen LogP contribution is -2.41. The molecule has 6 nitrogen and oxygen atoms in total. The van der Waals surface area contributed by atoms with Crippen molar-refractivity contribution in [3.8, 4) is 5.75 Å². The third-order valence-electron chi connectivity index (χ3n) is 7.23. The maximum atomic E-state index is 13.2. The Morgan fingerprint density at radius 2 is 1.74 bits per heavy atom. The maximum absolute atomic E-state index is 13.2. The van der Waals surface area contributed by atoms with Crippen LogP contribution >= 0.6 is 11.6 Å². The second-order valence-electron chi connectivity index (χ2n) is 9.66. The van der Waals surface area contributed by atoms with E-state index in [2.05, 4.69) is 57.4 Å². The van der Waals surface area contributed by atoms with Crippen LogP contribution in [-0.4, -0.2) is 61.9 Å². The van der Waals surface area contributed by atoms with E-state index in [0.717, 1.165) is 60.6 Å². The van der Waals surface area contributed by atoms with Crippen LogP contribution in [0.2, 0.25) is 5.02 Å². The molecule has 38 heavy (non-hydrogen) atoms. The van der Waals surface area contributed by atoms with Crippen LogP contribution in [0.1, 0.15) is 29.0 Å². The molecule has 3 aromatic carbocycles. The molecule has 0 spiro atoms. The van der Waals surface area contributed by atoms with E-state index >= 15 is 0 Å². The van der Waals surface area contributed by atoms with E-state index in [0.29, 0.717) is 24.5 Å². The highest BCUT2D eigenvalue weighted by molar-refractivity contribution is 6.31. The second kappa shape index (κ2) is 12.5. The van der Waals surface area contributed by atoms with Crippen LogP contribution < -0.4 is 10.1 Å². The number of carbonyl (C=O) groups is 1. The van der Waals surface area contributed by atoms with E-state index in [1.165, 1.54) is 5.56 Å². The molecule has 1 N–H and O–H groups in total. The Hall–Kier alpha value is -3.32. The number of amides is 1. The van der Waals surface area contributed by atoms with Gasteiger partial charge in [0, 0.05) is 67.2 Å². The van der Waals surface area contributed by atoms with Gasteiger partial charge in [-0.1, -0.05) is 60.1 Å². The first-order valence-corrected chi connectivity index (χ1v) is 13.5. The summed E-state index contributed by atoms with van der Waals surface area (Å²) in [4.78, 5) is 15.6. The van der Waals surface area contributed by atoms with Crippen molar-refractivity contribution in [2.24, 2.45) is 0 Å². The number of methoxy groups -OCH3 is 1. The lowest BCUT2D eigenvalue weighted by molar-refractivity contribution is -0.121. The smallest absolute Gasteiger partial charge is 0.220 e. The number of benzene rings is 3. The summed E-state index contributed by atoms with van der Waals surface area (Å²) in [5.74, 6) is 0.689. The fourth-order valence-corrected chi connectivity index (χ4v) is 5.46. The maximum Gasteiger partial charge on any atom is 0.220 e. The zero-order chi connectivity index (χ0) is 26.3. The normalized spacial score (nSPS) is 14.9. The molecule has 0 aliphatic carbocycles. The lowest BCUT2D eigenvalue weighted by atomic mass is 9.88. The number of nitrogens with one attached hydrogen (secondary N) is 1. The van der Waals surface area contributed by atoms with E-state index in [1.807, 2.05) is 36.4 Å². The van der Waals surface area contributed by atoms with Gasteiger partial charge in [0.05, 0.1) is 20.3 Å². The van der Waals surface area contributed by atoms with Crippen molar-refractivity contribution in [2.75, 3.05) is 46.5 Å². The van der Waals surface area contributed by atoms with Crippen molar-refractivity contribution in [3.63, 3.8) is 0 Å². The van der Waals surface area contributed by atoms with Gasteiger partial charge in [0.2, 0.25) is 5.91 Å². The number of fused-ring (bicyclic) bond motifs is 1. The number of aromatic nitrogens is 1. The molecule has 0 unspecified atom stereocenters. The number of morpholine rings is 1. The Morgan fingerprint density at radius 1 is 1.00 bits per heavy atom. The summed E-state index contributed by atoms with van der Waals surface area (Å²) in [7, 11) is 1.67. The van der Waals surface area contributed by atoms with Crippen LogP contribution in [0.25, 0.3) is 10.9 Å². The minimum atomic E-state index is -0.172. The number of hydrogen-bond acceptors (Lipinski definition) is 4. The topological polar surface area (TPSA) is 55.7 Å². The minimum Gasteiger partial charge on any atom is -0.497 e. The van der Waals surface area contributed by atoms with Crippen LogP contribution in [-0.2, 0) is 16.1 Å². The number of para-hydroxylation sites is 1. The molecular formula is C31H34ClN3O3. The molecule has 1 fully saturated rings. The standard InChI is InChI=1S/C31H34ClN3O3/c1-37-24-12-10-23(11-13-24)21-35-22-28(26-7-3-5-9-30(26)35)27(25-6-2-4-8-29(25)32)20-31(36)33-14-15-34-16-18-38-19-17-34/h2-13,22,27H,14-21H2,1H3,(H,33,36)/t27-/m1/s1. The Morgan fingerprint density at radius 3 is 2.50 bits per heavy atom. The molecule has 1 aromatic heterocycles. The predicted octanol–water partition coefficient (Wildman–Crippen LogP) is 5.32. The summed E-state index contributed by atoms with van der Waals surface area (Å²) in [5, 5.41) is 4.95. The number of ether oxygens (including phenoxy) is 2. The number of halogens is 1. The summed E-state index contributed by atoms with van der Waals surface area (Å²) in [6.07, 6.45) is 2.51. The van der Waals surface area contributed by atoms with Crippen molar-refractivity contribution in [3.05, 3.63) is 101 Å². The van der Waals surface area contributed by atoms with E-state index < -0.39 is 0 Å². The number of nitrogens with zero attached hydrogens (tertiary/aromatic N) is 2. The Bertz CT molecular complexity index is 1360. The van der Waals surface area contributed by atoms with Gasteiger partial charge in [-0.05, 0) is 41.0 Å². The molecule has 1 saturated heterocycles. The quantitative estimate of drug-likeness (QED) is 0.301. The van der Waals surface area contributed by atoms with E-state index in [1.54, 1.807) is 7.11 Å². The predicted molar refractivity (Wildman–Crippen MR) is 152 cm³/mol. The average Bonchev–Trinajstić information content (AvgIpc) is 3.31. The van der Waals surface area contributed by atoms with Crippen molar-refractivity contribution in [2.45, 2.75) is 18.9 Å². The lowest BCUT2D eigenvalue weighted by Gasteiger charge is -2.26. The summed E-state index contributed by atoms with van der Waals surface area (Å²) in [5.41, 5.74) is 4.37. The molecule has 0 bridgehead atoms. The summed E-state index contributed by atoms with van der Waals surface area (Å²) >= 11 is 6.71. The molecule has 5 rings (SSSR count). The molecule has 1 amide bonds. The summed E-state index contributed by atoms with van der Waals surface area (Å²) < 4.78 is 13.0. The van der Waals surface area contributed by atoms with Crippen LogP contribution in [0.15, 0.2) is 79.0 Å². The molecule has 7 heteroatoms. The van der Waals surface area contributed by atoms with Gasteiger partial charge in [-0.15, -0.1) is 0 Å². The second-order valence-corrected chi connectivity index (χ2v) is 10.1. The van der Waals surface area contributed by atoms with Gasteiger partial charge in [0.15, 0.2) is 0 Å². The highest BCUT2D eigenvalue weighted by Crippen LogP contribution is 2.38. The van der Waals surface area contributed by atoms with Gasteiger partial charge in [0.25, 0.3) is 0 Å². The van der Waals surface area contributed by atoms with Crippen molar-refractivity contribution in [1.29, 1.82) is 0 Å². The van der Waals surface area contributed by atoms with Crippen LogP contribution in [0.4, 0.5) is 0 Å². The minimum absolute atomic E-state index is 0.0233. The average molecular weight is 532 g/mol. The van der Waals surface area contributed by atoms with E-state index in [9.17, 15) is 4.79 Å². The molecular weight excluding hydrogens is 498 g/mol. The highest BCUT2D eigenvalue weighted by atomic mass is 35.5. The number of hydrogen-bond donors (Lipinski definition) is 1. The first-order chi connectivity index (χ1) is 18.6.